The highest BCUT2D eigenvalue weighted by atomic mass is 19.4. The van der Waals surface area contributed by atoms with Crippen LogP contribution in [0.25, 0.3) is 0 Å². The van der Waals surface area contributed by atoms with Crippen molar-refractivity contribution in [3.8, 4) is 5.75 Å². The molecule has 0 aromatic heterocycles. The van der Waals surface area contributed by atoms with Crippen LogP contribution in [-0.4, -0.2) is 18.1 Å². The monoisotopic (exact) mass is 365 g/mol. The normalized spacial score (nSPS) is 11.1. The number of hydrogen-bond acceptors (Lipinski definition) is 3. The fourth-order valence-corrected chi connectivity index (χ4v) is 2.39. The Hall–Kier alpha value is -2.83. The number of halogens is 3. The first kappa shape index (κ1) is 19.5. The van der Waals surface area contributed by atoms with Crippen LogP contribution in [0, 0.1) is 13.8 Å². The van der Waals surface area contributed by atoms with Gasteiger partial charge in [-0.05, 0) is 37.6 Å². The summed E-state index contributed by atoms with van der Waals surface area (Å²) in [5, 5.41) is 2.35. The zero-order chi connectivity index (χ0) is 19.3. The van der Waals surface area contributed by atoms with E-state index in [1.165, 1.54) is 18.2 Å². The maximum absolute atomic E-state index is 12.4. The van der Waals surface area contributed by atoms with Crippen LogP contribution in [0.2, 0.25) is 0 Å². The van der Waals surface area contributed by atoms with Gasteiger partial charge in [0.1, 0.15) is 0 Å². The highest BCUT2D eigenvalue weighted by Gasteiger charge is 2.32. The zero-order valence-corrected chi connectivity index (χ0v) is 14.3. The third-order valence-electron chi connectivity index (χ3n) is 3.66. The quantitative estimate of drug-likeness (QED) is 0.748. The number of nitrogens with one attached hydrogen (secondary N) is 1. The molecule has 0 radical (unpaired) electrons. The van der Waals surface area contributed by atoms with Gasteiger partial charge < -0.3 is 10.1 Å². The van der Waals surface area contributed by atoms with Gasteiger partial charge >= 0.3 is 6.36 Å². The minimum Gasteiger partial charge on any atom is -0.404 e. The van der Waals surface area contributed by atoms with Gasteiger partial charge in [-0.1, -0.05) is 29.8 Å². The SMILES string of the molecule is Cc1ccc(C)c(C(=O)CCC(=O)Nc2ccccc2OC(F)(F)F)c1. The van der Waals surface area contributed by atoms with E-state index in [4.69, 9.17) is 0 Å². The van der Waals surface area contributed by atoms with Crippen LogP contribution in [0.4, 0.5) is 18.9 Å². The van der Waals surface area contributed by atoms with Gasteiger partial charge in [-0.25, -0.2) is 0 Å². The molecule has 4 nitrogen and oxygen atoms in total. The predicted octanol–water partition coefficient (Wildman–Crippen LogP) is 4.80. The zero-order valence-electron chi connectivity index (χ0n) is 14.3. The fourth-order valence-electron chi connectivity index (χ4n) is 2.39. The van der Waals surface area contributed by atoms with Crippen LogP contribution in [0.5, 0.6) is 5.75 Å². The predicted molar refractivity (Wildman–Crippen MR) is 91.2 cm³/mol. The molecule has 0 saturated carbocycles. The Morgan fingerprint density at radius 1 is 1.04 bits per heavy atom. The summed E-state index contributed by atoms with van der Waals surface area (Å²) < 4.78 is 41.0. The van der Waals surface area contributed by atoms with E-state index in [1.54, 1.807) is 13.0 Å². The molecule has 2 aromatic carbocycles. The molecular weight excluding hydrogens is 347 g/mol. The molecule has 0 aliphatic heterocycles. The van der Waals surface area contributed by atoms with E-state index < -0.39 is 18.0 Å². The molecule has 138 valence electrons. The maximum Gasteiger partial charge on any atom is 0.573 e. The largest absolute Gasteiger partial charge is 0.573 e. The summed E-state index contributed by atoms with van der Waals surface area (Å²) in [7, 11) is 0. The lowest BCUT2D eigenvalue weighted by Crippen LogP contribution is -2.20. The summed E-state index contributed by atoms with van der Waals surface area (Å²) in [6.45, 7) is 3.66. The smallest absolute Gasteiger partial charge is 0.404 e. The van der Waals surface area contributed by atoms with Gasteiger partial charge in [0.25, 0.3) is 0 Å². The topological polar surface area (TPSA) is 55.4 Å². The first-order valence-corrected chi connectivity index (χ1v) is 7.91. The highest BCUT2D eigenvalue weighted by Crippen LogP contribution is 2.30. The first-order chi connectivity index (χ1) is 12.2. The van der Waals surface area contributed by atoms with Crippen molar-refractivity contribution in [1.29, 1.82) is 0 Å². The summed E-state index contributed by atoms with van der Waals surface area (Å²) >= 11 is 0. The Morgan fingerprint density at radius 3 is 2.42 bits per heavy atom. The summed E-state index contributed by atoms with van der Waals surface area (Å²) in [6.07, 6.45) is -5.05. The summed E-state index contributed by atoms with van der Waals surface area (Å²) in [5.41, 5.74) is 2.18. The number of ketones is 1. The fraction of sp³-hybridized carbons (Fsp3) is 0.263. The Bertz CT molecular complexity index is 816. The lowest BCUT2D eigenvalue weighted by Gasteiger charge is -2.13. The van der Waals surface area contributed by atoms with E-state index in [-0.39, 0.29) is 24.3 Å². The molecular formula is C19H18F3NO3. The molecule has 1 N–H and O–H groups in total. The molecule has 1 amide bonds. The summed E-state index contributed by atoms with van der Waals surface area (Å²) in [4.78, 5) is 24.3. The molecule has 0 unspecified atom stereocenters. The van der Waals surface area contributed by atoms with Crippen LogP contribution in [0.15, 0.2) is 42.5 Å². The van der Waals surface area contributed by atoms with E-state index in [2.05, 4.69) is 10.1 Å². The van der Waals surface area contributed by atoms with Crippen molar-refractivity contribution in [2.45, 2.75) is 33.1 Å². The minimum absolute atomic E-state index is 0.0432. The van der Waals surface area contributed by atoms with Crippen molar-refractivity contribution >= 4 is 17.4 Å². The van der Waals surface area contributed by atoms with Crippen molar-refractivity contribution < 1.29 is 27.5 Å². The lowest BCUT2D eigenvalue weighted by atomic mass is 9.99. The van der Waals surface area contributed by atoms with Crippen molar-refractivity contribution in [2.24, 2.45) is 0 Å². The average Bonchev–Trinajstić information content (AvgIpc) is 2.55. The maximum atomic E-state index is 12.4. The van der Waals surface area contributed by atoms with Gasteiger partial charge in [0.15, 0.2) is 11.5 Å². The number of amides is 1. The third kappa shape index (κ3) is 5.61. The van der Waals surface area contributed by atoms with Crippen molar-refractivity contribution in [3.05, 3.63) is 59.2 Å². The Morgan fingerprint density at radius 2 is 1.73 bits per heavy atom. The standard InChI is InChI=1S/C19H18F3NO3/c1-12-7-8-13(2)14(11-12)16(24)9-10-18(25)23-15-5-3-4-6-17(15)26-19(20,21)22/h3-8,11H,9-10H2,1-2H3,(H,23,25). The van der Waals surface area contributed by atoms with Gasteiger partial charge in [-0.2, -0.15) is 0 Å². The molecule has 7 heteroatoms. The Kier molecular flexibility index (Phi) is 6.02. The van der Waals surface area contributed by atoms with E-state index in [0.717, 1.165) is 17.2 Å². The van der Waals surface area contributed by atoms with E-state index >= 15 is 0 Å². The number of benzene rings is 2. The van der Waals surface area contributed by atoms with Gasteiger partial charge in [0, 0.05) is 18.4 Å². The van der Waals surface area contributed by atoms with Gasteiger partial charge in [0.2, 0.25) is 5.91 Å². The van der Waals surface area contributed by atoms with Crippen molar-refractivity contribution in [1.82, 2.24) is 0 Å². The molecule has 0 heterocycles. The second-order valence-electron chi connectivity index (χ2n) is 5.83. The van der Waals surface area contributed by atoms with Crippen molar-refractivity contribution in [2.75, 3.05) is 5.32 Å². The number of anilines is 1. The van der Waals surface area contributed by atoms with Gasteiger partial charge in [-0.3, -0.25) is 9.59 Å². The molecule has 0 bridgehead atoms. The van der Waals surface area contributed by atoms with E-state index in [0.29, 0.717) is 5.56 Å². The molecule has 26 heavy (non-hydrogen) atoms. The number of rotatable bonds is 6. The average molecular weight is 365 g/mol. The van der Waals surface area contributed by atoms with E-state index in [1.807, 2.05) is 19.1 Å². The van der Waals surface area contributed by atoms with Crippen LogP contribution in [-0.2, 0) is 4.79 Å². The second-order valence-corrected chi connectivity index (χ2v) is 5.83. The number of carbonyl (C=O) groups is 2. The van der Waals surface area contributed by atoms with E-state index in [9.17, 15) is 22.8 Å². The third-order valence-corrected chi connectivity index (χ3v) is 3.66. The number of alkyl halides is 3. The van der Waals surface area contributed by atoms with Crippen LogP contribution < -0.4 is 10.1 Å². The van der Waals surface area contributed by atoms with Crippen molar-refractivity contribution in [3.63, 3.8) is 0 Å². The summed E-state index contributed by atoms with van der Waals surface area (Å²) in [5.74, 6) is -1.27. The molecule has 0 spiro atoms. The molecule has 0 aliphatic rings. The first-order valence-electron chi connectivity index (χ1n) is 7.91. The molecule has 2 rings (SSSR count). The minimum atomic E-state index is -4.86. The van der Waals surface area contributed by atoms with Gasteiger partial charge in [0.05, 0.1) is 5.69 Å². The Labute approximate surface area is 149 Å². The lowest BCUT2D eigenvalue weighted by molar-refractivity contribution is -0.274. The second kappa shape index (κ2) is 8.03. The molecule has 0 fully saturated rings. The Balaban J connectivity index is 1.99. The molecule has 0 saturated heterocycles. The summed E-state index contributed by atoms with van der Waals surface area (Å²) in [6, 6.07) is 10.7. The van der Waals surface area contributed by atoms with Crippen LogP contribution in [0.3, 0.4) is 0 Å². The number of aryl methyl sites for hydroxylation is 2. The highest BCUT2D eigenvalue weighted by molar-refractivity contribution is 6.01. The molecule has 0 aliphatic carbocycles. The molecule has 2 aromatic rings. The number of hydrogen-bond donors (Lipinski definition) is 1. The van der Waals surface area contributed by atoms with Crippen LogP contribution >= 0.6 is 0 Å². The number of ether oxygens (including phenoxy) is 1. The number of carbonyl (C=O) groups excluding carboxylic acids is 2. The van der Waals surface area contributed by atoms with Crippen LogP contribution in [0.1, 0.15) is 34.3 Å². The van der Waals surface area contributed by atoms with Gasteiger partial charge in [-0.15, -0.1) is 13.2 Å². The number of para-hydroxylation sites is 2. The molecule has 0 atom stereocenters. The number of Topliss-reactive ketones (excluding diaryl/α,β-unsaturated/α-hetero) is 1.